The third-order valence-electron chi connectivity index (χ3n) is 3.45. The summed E-state index contributed by atoms with van der Waals surface area (Å²) >= 11 is 0. The molecule has 1 fully saturated rings. The topological polar surface area (TPSA) is 28.2 Å². The summed E-state index contributed by atoms with van der Waals surface area (Å²) in [6.07, 6.45) is -4.40. The molecule has 1 aliphatic rings. The Kier molecular flexibility index (Phi) is 3.25. The zero-order valence-corrected chi connectivity index (χ0v) is 10.7. The van der Waals surface area contributed by atoms with Crippen molar-refractivity contribution in [3.63, 3.8) is 0 Å². The lowest BCUT2D eigenvalue weighted by molar-refractivity contribution is -0.140. The molecular weight excluding hydrogens is 267 g/mol. The quantitative estimate of drug-likeness (QED) is 0.871. The first kappa shape index (κ1) is 13.2. The highest BCUT2D eigenvalue weighted by atomic mass is 19.4. The van der Waals surface area contributed by atoms with Gasteiger partial charge in [-0.15, -0.1) is 0 Å². The van der Waals surface area contributed by atoms with Crippen LogP contribution in [0.4, 0.5) is 18.9 Å². The van der Waals surface area contributed by atoms with Crippen LogP contribution in [0.2, 0.25) is 0 Å². The van der Waals surface area contributed by atoms with Gasteiger partial charge in [-0.3, -0.25) is 0 Å². The second kappa shape index (κ2) is 4.94. The van der Waals surface area contributed by atoms with Crippen molar-refractivity contribution in [3.05, 3.63) is 36.0 Å². The van der Waals surface area contributed by atoms with Crippen molar-refractivity contribution in [2.75, 3.05) is 31.1 Å². The highest BCUT2D eigenvalue weighted by Crippen LogP contribution is 2.30. The molecule has 20 heavy (non-hydrogen) atoms. The average Bonchev–Trinajstić information content (AvgIpc) is 2.46. The molecule has 0 bridgehead atoms. The van der Waals surface area contributed by atoms with E-state index in [0.29, 0.717) is 5.52 Å². The molecule has 0 spiro atoms. The van der Waals surface area contributed by atoms with E-state index in [1.54, 1.807) is 6.07 Å². The maximum atomic E-state index is 12.6. The predicted octanol–water partition coefficient (Wildman–Crippen LogP) is 2.66. The van der Waals surface area contributed by atoms with Gasteiger partial charge >= 0.3 is 6.18 Å². The van der Waals surface area contributed by atoms with Crippen molar-refractivity contribution in [3.8, 4) is 0 Å². The van der Waals surface area contributed by atoms with Crippen molar-refractivity contribution >= 4 is 16.6 Å². The summed E-state index contributed by atoms with van der Waals surface area (Å²) in [5.74, 6) is 0. The van der Waals surface area contributed by atoms with Crippen molar-refractivity contribution in [1.82, 2.24) is 10.3 Å². The molecule has 0 unspecified atom stereocenters. The highest BCUT2D eigenvalue weighted by Gasteiger charge is 2.32. The van der Waals surface area contributed by atoms with Crippen LogP contribution < -0.4 is 10.2 Å². The maximum Gasteiger partial charge on any atom is 0.433 e. The normalized spacial score (nSPS) is 16.6. The van der Waals surface area contributed by atoms with Crippen LogP contribution in [-0.2, 0) is 6.18 Å². The van der Waals surface area contributed by atoms with Gasteiger partial charge in [0.15, 0.2) is 0 Å². The van der Waals surface area contributed by atoms with E-state index in [-0.39, 0.29) is 0 Å². The molecule has 106 valence electrons. The Bertz CT molecular complexity index is 619. The Labute approximate surface area is 114 Å². The predicted molar refractivity (Wildman–Crippen MR) is 71.8 cm³/mol. The first-order chi connectivity index (χ1) is 9.54. The van der Waals surface area contributed by atoms with Gasteiger partial charge in [0.1, 0.15) is 5.69 Å². The number of fused-ring (bicyclic) bond motifs is 1. The molecule has 1 N–H and O–H groups in total. The van der Waals surface area contributed by atoms with Gasteiger partial charge in [0, 0.05) is 37.3 Å². The fraction of sp³-hybridized carbons (Fsp3) is 0.357. The van der Waals surface area contributed by atoms with Gasteiger partial charge < -0.3 is 10.2 Å². The molecule has 2 heterocycles. The van der Waals surface area contributed by atoms with E-state index >= 15 is 0 Å². The number of rotatable bonds is 1. The van der Waals surface area contributed by atoms with Gasteiger partial charge in [-0.2, -0.15) is 13.2 Å². The number of nitrogens with zero attached hydrogens (tertiary/aromatic N) is 2. The summed E-state index contributed by atoms with van der Waals surface area (Å²) in [4.78, 5) is 5.89. The summed E-state index contributed by atoms with van der Waals surface area (Å²) < 4.78 is 37.8. The molecule has 0 radical (unpaired) electrons. The molecule has 6 heteroatoms. The zero-order valence-electron chi connectivity index (χ0n) is 10.7. The molecule has 0 saturated carbocycles. The summed E-state index contributed by atoms with van der Waals surface area (Å²) in [5.41, 5.74) is 0.555. The van der Waals surface area contributed by atoms with E-state index in [1.807, 2.05) is 12.1 Å². The van der Waals surface area contributed by atoms with Gasteiger partial charge in [-0.25, -0.2) is 4.98 Å². The molecule has 1 saturated heterocycles. The molecular formula is C14H14F3N3. The molecule has 0 amide bonds. The molecule has 0 atom stereocenters. The van der Waals surface area contributed by atoms with Gasteiger partial charge in [-0.05, 0) is 24.3 Å². The van der Waals surface area contributed by atoms with Crippen LogP contribution in [0, 0.1) is 0 Å². The highest BCUT2D eigenvalue weighted by molar-refractivity contribution is 5.82. The van der Waals surface area contributed by atoms with Crippen molar-refractivity contribution < 1.29 is 13.2 Å². The molecule has 0 aliphatic carbocycles. The lowest BCUT2D eigenvalue weighted by Crippen LogP contribution is -2.43. The van der Waals surface area contributed by atoms with Gasteiger partial charge in [0.05, 0.1) is 5.52 Å². The zero-order chi connectivity index (χ0) is 14.2. The number of anilines is 1. The number of piperazine rings is 1. The van der Waals surface area contributed by atoms with Crippen LogP contribution in [0.1, 0.15) is 5.69 Å². The molecule has 1 aliphatic heterocycles. The number of halogens is 3. The summed E-state index contributed by atoms with van der Waals surface area (Å²) in [6, 6.07) is 7.90. The van der Waals surface area contributed by atoms with Crippen molar-refractivity contribution in [2.45, 2.75) is 6.18 Å². The Morgan fingerprint density at radius 3 is 2.50 bits per heavy atom. The summed E-state index contributed by atoms with van der Waals surface area (Å²) in [6.45, 7) is 3.64. The minimum Gasteiger partial charge on any atom is -0.369 e. The number of alkyl halides is 3. The second-order valence-electron chi connectivity index (χ2n) is 4.81. The van der Waals surface area contributed by atoms with Crippen LogP contribution in [-0.4, -0.2) is 31.2 Å². The number of nitrogens with one attached hydrogen (secondary N) is 1. The lowest BCUT2D eigenvalue weighted by atomic mass is 10.1. The number of benzene rings is 1. The minimum absolute atomic E-state index is 0.374. The second-order valence-corrected chi connectivity index (χ2v) is 4.81. The average molecular weight is 281 g/mol. The number of aromatic nitrogens is 1. The standard InChI is InChI=1S/C14H14F3N3/c15-14(16,17)13-4-1-10-9-11(2-3-12(10)19-13)20-7-5-18-6-8-20/h1-4,9,18H,5-8H2. The van der Waals surface area contributed by atoms with E-state index in [4.69, 9.17) is 0 Å². The molecule has 1 aromatic heterocycles. The fourth-order valence-electron chi connectivity index (χ4n) is 2.39. The maximum absolute atomic E-state index is 12.6. The monoisotopic (exact) mass is 281 g/mol. The van der Waals surface area contributed by atoms with Crippen LogP contribution in [0.5, 0.6) is 0 Å². The van der Waals surface area contributed by atoms with Gasteiger partial charge in [0.25, 0.3) is 0 Å². The first-order valence-corrected chi connectivity index (χ1v) is 6.48. The number of hydrogen-bond donors (Lipinski definition) is 1. The third-order valence-corrected chi connectivity index (χ3v) is 3.45. The third kappa shape index (κ3) is 2.56. The van der Waals surface area contributed by atoms with E-state index in [1.165, 1.54) is 6.07 Å². The van der Waals surface area contributed by atoms with E-state index in [2.05, 4.69) is 15.2 Å². The molecule has 3 nitrogen and oxygen atoms in total. The SMILES string of the molecule is FC(F)(F)c1ccc2cc(N3CCNCC3)ccc2n1. The van der Waals surface area contributed by atoms with Gasteiger partial charge in [0.2, 0.25) is 0 Å². The van der Waals surface area contributed by atoms with Crippen LogP contribution in [0.25, 0.3) is 10.9 Å². The lowest BCUT2D eigenvalue weighted by Gasteiger charge is -2.29. The minimum atomic E-state index is -4.40. The Balaban J connectivity index is 1.96. The van der Waals surface area contributed by atoms with Crippen LogP contribution in [0.3, 0.4) is 0 Å². The molecule has 2 aromatic rings. The van der Waals surface area contributed by atoms with Crippen molar-refractivity contribution in [2.24, 2.45) is 0 Å². The number of hydrogen-bond acceptors (Lipinski definition) is 3. The van der Waals surface area contributed by atoms with Crippen LogP contribution >= 0.6 is 0 Å². The van der Waals surface area contributed by atoms with Crippen molar-refractivity contribution in [1.29, 1.82) is 0 Å². The summed E-state index contributed by atoms with van der Waals surface area (Å²) in [7, 11) is 0. The molecule has 1 aromatic carbocycles. The van der Waals surface area contributed by atoms with Gasteiger partial charge in [-0.1, -0.05) is 6.07 Å². The summed E-state index contributed by atoms with van der Waals surface area (Å²) in [5, 5.41) is 4.00. The van der Waals surface area contributed by atoms with E-state index in [0.717, 1.165) is 43.3 Å². The van der Waals surface area contributed by atoms with E-state index in [9.17, 15) is 13.2 Å². The Morgan fingerprint density at radius 1 is 1.05 bits per heavy atom. The van der Waals surface area contributed by atoms with E-state index < -0.39 is 11.9 Å². The Morgan fingerprint density at radius 2 is 1.80 bits per heavy atom. The fourth-order valence-corrected chi connectivity index (χ4v) is 2.39. The Hall–Kier alpha value is -1.82. The molecule has 3 rings (SSSR count). The van der Waals surface area contributed by atoms with Crippen LogP contribution in [0.15, 0.2) is 30.3 Å². The smallest absolute Gasteiger partial charge is 0.369 e. The first-order valence-electron chi connectivity index (χ1n) is 6.48. The largest absolute Gasteiger partial charge is 0.433 e. The number of pyridine rings is 1.